The van der Waals surface area contributed by atoms with Crippen molar-refractivity contribution in [2.75, 3.05) is 0 Å². The van der Waals surface area contributed by atoms with Gasteiger partial charge in [0.2, 0.25) is 0 Å². The predicted octanol–water partition coefficient (Wildman–Crippen LogP) is 4.20. The van der Waals surface area contributed by atoms with Crippen LogP contribution >= 0.6 is 47.1 Å². The third-order valence-corrected chi connectivity index (χ3v) is 6.42. The first-order valence-corrected chi connectivity index (χ1v) is 10.4. The Morgan fingerprint density at radius 3 is 1.50 bits per heavy atom. The van der Waals surface area contributed by atoms with Gasteiger partial charge in [-0.25, -0.2) is 0 Å². The fraction of sp³-hybridized carbons (Fsp3) is 0.500. The molecule has 2 rings (SSSR count). The van der Waals surface area contributed by atoms with E-state index in [9.17, 15) is 9.59 Å². The third-order valence-electron chi connectivity index (χ3n) is 3.52. The van der Waals surface area contributed by atoms with Crippen LogP contribution < -0.4 is 11.1 Å². The SMILES string of the molecule is CCCc1cc(=O)n(CCn2c(=O)cc(CCC)sc2=S)c(=S)s1. The summed E-state index contributed by atoms with van der Waals surface area (Å²) in [6.45, 7) is 4.87. The highest BCUT2D eigenvalue weighted by Gasteiger charge is 2.06. The van der Waals surface area contributed by atoms with Gasteiger partial charge in [-0.2, -0.15) is 0 Å². The van der Waals surface area contributed by atoms with Crippen molar-refractivity contribution in [1.29, 1.82) is 0 Å². The van der Waals surface area contributed by atoms with E-state index in [1.165, 1.54) is 22.7 Å². The van der Waals surface area contributed by atoms with Crippen LogP contribution in [-0.4, -0.2) is 9.13 Å². The average molecular weight is 401 g/mol. The number of hydrogen-bond acceptors (Lipinski definition) is 6. The molecule has 0 aliphatic heterocycles. The van der Waals surface area contributed by atoms with Crippen LogP contribution in [-0.2, 0) is 25.9 Å². The standard InChI is InChI=1S/C16H20N2O2S4/c1-3-5-11-9-13(19)17(15(21)23-11)7-8-18-14(20)10-12(6-4-2)24-16(18)22/h9-10H,3-8H2,1-2H3. The van der Waals surface area contributed by atoms with Crippen molar-refractivity contribution in [3.63, 3.8) is 0 Å². The summed E-state index contributed by atoms with van der Waals surface area (Å²) >= 11 is 13.6. The summed E-state index contributed by atoms with van der Waals surface area (Å²) < 4.78 is 4.20. The van der Waals surface area contributed by atoms with Crippen molar-refractivity contribution in [2.24, 2.45) is 0 Å². The molecule has 0 unspecified atom stereocenters. The minimum absolute atomic E-state index is 0.104. The van der Waals surface area contributed by atoms with E-state index >= 15 is 0 Å². The van der Waals surface area contributed by atoms with Crippen LogP contribution in [0.3, 0.4) is 0 Å². The molecule has 0 N–H and O–H groups in total. The molecule has 2 aromatic rings. The minimum Gasteiger partial charge on any atom is -0.289 e. The molecule has 0 aromatic carbocycles. The molecule has 0 bridgehead atoms. The second-order valence-corrected chi connectivity index (χ2v) is 8.96. The van der Waals surface area contributed by atoms with E-state index in [-0.39, 0.29) is 11.1 Å². The summed E-state index contributed by atoms with van der Waals surface area (Å²) in [5, 5.41) is 0. The maximum absolute atomic E-state index is 12.3. The highest BCUT2D eigenvalue weighted by Crippen LogP contribution is 2.11. The van der Waals surface area contributed by atoms with Crippen molar-refractivity contribution in [3.05, 3.63) is 50.5 Å². The van der Waals surface area contributed by atoms with Crippen LogP contribution in [0, 0.1) is 7.91 Å². The summed E-state index contributed by atoms with van der Waals surface area (Å²) in [5.41, 5.74) is -0.208. The first-order chi connectivity index (χ1) is 11.5. The highest BCUT2D eigenvalue weighted by atomic mass is 32.2. The van der Waals surface area contributed by atoms with Crippen molar-refractivity contribution >= 4 is 47.1 Å². The smallest absolute Gasteiger partial charge is 0.253 e. The number of aryl methyl sites for hydroxylation is 2. The Balaban J connectivity index is 2.26. The lowest BCUT2D eigenvalue weighted by atomic mass is 10.3. The second-order valence-electron chi connectivity index (χ2n) is 5.44. The summed E-state index contributed by atoms with van der Waals surface area (Å²) in [7, 11) is 0. The van der Waals surface area contributed by atoms with Gasteiger partial charge in [-0.3, -0.25) is 18.7 Å². The van der Waals surface area contributed by atoms with Crippen LogP contribution in [0.2, 0.25) is 0 Å². The number of rotatable bonds is 7. The molecule has 0 saturated carbocycles. The molecule has 2 heterocycles. The summed E-state index contributed by atoms with van der Waals surface area (Å²) in [6.07, 6.45) is 3.69. The van der Waals surface area contributed by atoms with Gasteiger partial charge in [0.05, 0.1) is 0 Å². The van der Waals surface area contributed by atoms with Gasteiger partial charge in [-0.15, -0.1) is 22.7 Å². The van der Waals surface area contributed by atoms with Gasteiger partial charge < -0.3 is 0 Å². The van der Waals surface area contributed by atoms with Gasteiger partial charge in [0, 0.05) is 35.0 Å². The summed E-state index contributed by atoms with van der Waals surface area (Å²) in [5.74, 6) is 0. The van der Waals surface area contributed by atoms with Crippen molar-refractivity contribution in [3.8, 4) is 0 Å². The van der Waals surface area contributed by atoms with Gasteiger partial charge in [0.25, 0.3) is 11.1 Å². The zero-order valence-electron chi connectivity index (χ0n) is 13.7. The molecular formula is C16H20N2O2S4. The normalized spacial score (nSPS) is 10.9. The first kappa shape index (κ1) is 19.4. The predicted molar refractivity (Wildman–Crippen MR) is 107 cm³/mol. The van der Waals surface area contributed by atoms with Gasteiger partial charge in [-0.05, 0) is 37.3 Å². The molecule has 0 amide bonds. The van der Waals surface area contributed by atoms with Crippen LogP contribution in [0.25, 0.3) is 0 Å². The summed E-state index contributed by atoms with van der Waals surface area (Å²) in [6, 6.07) is 3.29. The molecule has 0 aliphatic carbocycles. The highest BCUT2D eigenvalue weighted by molar-refractivity contribution is 7.73. The van der Waals surface area contributed by atoms with Crippen LogP contribution in [0.15, 0.2) is 21.7 Å². The molecule has 0 spiro atoms. The van der Waals surface area contributed by atoms with Crippen molar-refractivity contribution in [2.45, 2.75) is 52.6 Å². The zero-order valence-corrected chi connectivity index (χ0v) is 17.0. The molecule has 0 saturated heterocycles. The molecule has 130 valence electrons. The lowest BCUT2D eigenvalue weighted by molar-refractivity contribution is 0.552. The van der Waals surface area contributed by atoms with E-state index in [1.807, 2.05) is 0 Å². The Kier molecular flexibility index (Phi) is 7.21. The lowest BCUT2D eigenvalue weighted by Crippen LogP contribution is -2.27. The molecule has 0 aliphatic rings. The fourth-order valence-electron chi connectivity index (χ4n) is 2.35. The fourth-order valence-corrected chi connectivity index (χ4v) is 5.31. The first-order valence-electron chi connectivity index (χ1n) is 7.94. The summed E-state index contributed by atoms with van der Waals surface area (Å²) in [4.78, 5) is 26.5. The number of hydrogen-bond donors (Lipinski definition) is 0. The second kappa shape index (κ2) is 8.94. The topological polar surface area (TPSA) is 44.0 Å². The van der Waals surface area contributed by atoms with E-state index < -0.39 is 0 Å². The van der Waals surface area contributed by atoms with Crippen molar-refractivity contribution in [1.82, 2.24) is 9.13 Å². The van der Waals surface area contributed by atoms with Gasteiger partial charge in [0.1, 0.15) is 0 Å². The van der Waals surface area contributed by atoms with E-state index in [1.54, 1.807) is 21.3 Å². The Labute approximate surface area is 159 Å². The van der Waals surface area contributed by atoms with E-state index in [0.717, 1.165) is 35.4 Å². The molecule has 4 nitrogen and oxygen atoms in total. The maximum Gasteiger partial charge on any atom is 0.253 e. The molecular weight excluding hydrogens is 380 g/mol. The average Bonchev–Trinajstić information content (AvgIpc) is 2.49. The van der Waals surface area contributed by atoms with Crippen LogP contribution in [0.1, 0.15) is 36.4 Å². The van der Waals surface area contributed by atoms with Gasteiger partial charge in [-0.1, -0.05) is 26.7 Å². The van der Waals surface area contributed by atoms with Gasteiger partial charge >= 0.3 is 0 Å². The number of aromatic nitrogens is 2. The van der Waals surface area contributed by atoms with E-state index in [0.29, 0.717) is 21.0 Å². The Morgan fingerprint density at radius 1 is 0.833 bits per heavy atom. The Morgan fingerprint density at radius 2 is 1.21 bits per heavy atom. The van der Waals surface area contributed by atoms with Crippen LogP contribution in [0.5, 0.6) is 0 Å². The van der Waals surface area contributed by atoms with E-state index in [2.05, 4.69) is 13.8 Å². The molecule has 8 heteroatoms. The molecule has 0 atom stereocenters. The Hall–Kier alpha value is -0.960. The number of nitrogens with zero attached hydrogens (tertiary/aromatic N) is 2. The van der Waals surface area contributed by atoms with E-state index in [4.69, 9.17) is 24.4 Å². The molecule has 2 aromatic heterocycles. The molecule has 0 fully saturated rings. The lowest BCUT2D eigenvalue weighted by Gasteiger charge is -2.09. The van der Waals surface area contributed by atoms with Crippen molar-refractivity contribution < 1.29 is 0 Å². The third kappa shape index (κ3) is 4.78. The zero-order chi connectivity index (χ0) is 17.7. The largest absolute Gasteiger partial charge is 0.289 e. The minimum atomic E-state index is -0.104. The maximum atomic E-state index is 12.3. The quantitative estimate of drug-likeness (QED) is 0.654. The van der Waals surface area contributed by atoms with Crippen LogP contribution in [0.4, 0.5) is 0 Å². The Bertz CT molecular complexity index is 797. The molecule has 24 heavy (non-hydrogen) atoms. The monoisotopic (exact) mass is 400 g/mol. The molecule has 0 radical (unpaired) electrons. The van der Waals surface area contributed by atoms with Gasteiger partial charge in [0.15, 0.2) is 7.91 Å².